The van der Waals surface area contributed by atoms with Crippen LogP contribution in [0.1, 0.15) is 11.1 Å². The zero-order valence-electron chi connectivity index (χ0n) is 12.4. The van der Waals surface area contributed by atoms with Crippen LogP contribution in [0.5, 0.6) is 0 Å². The summed E-state index contributed by atoms with van der Waals surface area (Å²) in [7, 11) is 0. The van der Waals surface area contributed by atoms with Crippen LogP contribution in [0, 0.1) is 25.5 Å². The number of fused-ring (bicyclic) bond motifs is 1. The standard InChI is InChI=1S/C16H13F2N3OS/c1-8-3-9(2)5-11(4-8)19-15(22)21-16-20-14-12(18)6-10(17)7-13(14)23-16/h3-7H,1-2H3,(H2,19,20,21,22). The Hall–Kier alpha value is -2.54. The van der Waals surface area contributed by atoms with Crippen molar-refractivity contribution in [3.8, 4) is 0 Å². The van der Waals surface area contributed by atoms with E-state index in [1.807, 2.05) is 32.0 Å². The van der Waals surface area contributed by atoms with Crippen LogP contribution in [0.25, 0.3) is 10.2 Å². The number of hydrogen-bond acceptors (Lipinski definition) is 3. The zero-order chi connectivity index (χ0) is 16.6. The Bertz CT molecular complexity index is 887. The molecular weight excluding hydrogens is 320 g/mol. The van der Waals surface area contributed by atoms with Gasteiger partial charge in [-0.2, -0.15) is 0 Å². The monoisotopic (exact) mass is 333 g/mol. The van der Waals surface area contributed by atoms with Crippen LogP contribution in [0.2, 0.25) is 0 Å². The SMILES string of the molecule is Cc1cc(C)cc(NC(=O)Nc2nc3c(F)cc(F)cc3s2)c1. The van der Waals surface area contributed by atoms with Crippen LogP contribution in [-0.2, 0) is 0 Å². The fraction of sp³-hybridized carbons (Fsp3) is 0.125. The van der Waals surface area contributed by atoms with Gasteiger partial charge in [-0.15, -0.1) is 0 Å². The molecule has 0 saturated carbocycles. The van der Waals surface area contributed by atoms with E-state index in [0.29, 0.717) is 10.4 Å². The number of aromatic nitrogens is 1. The lowest BCUT2D eigenvalue weighted by atomic mass is 10.1. The summed E-state index contributed by atoms with van der Waals surface area (Å²) in [5.74, 6) is -1.43. The normalized spacial score (nSPS) is 10.8. The number of halogens is 2. The summed E-state index contributed by atoms with van der Waals surface area (Å²) >= 11 is 1.01. The molecule has 0 atom stereocenters. The highest BCUT2D eigenvalue weighted by molar-refractivity contribution is 7.22. The number of thiazole rings is 1. The molecule has 0 aliphatic rings. The predicted molar refractivity (Wildman–Crippen MR) is 88.1 cm³/mol. The number of carbonyl (C=O) groups excluding carboxylic acids is 1. The van der Waals surface area contributed by atoms with Gasteiger partial charge in [0.1, 0.15) is 11.3 Å². The summed E-state index contributed by atoms with van der Waals surface area (Å²) in [6.07, 6.45) is 0. The zero-order valence-corrected chi connectivity index (χ0v) is 13.2. The van der Waals surface area contributed by atoms with Gasteiger partial charge in [-0.3, -0.25) is 5.32 Å². The largest absolute Gasteiger partial charge is 0.325 e. The third-order valence-electron chi connectivity index (χ3n) is 3.11. The van der Waals surface area contributed by atoms with Crippen LogP contribution in [0.15, 0.2) is 30.3 Å². The first-order chi connectivity index (χ1) is 10.9. The lowest BCUT2D eigenvalue weighted by Crippen LogP contribution is -2.19. The highest BCUT2D eigenvalue weighted by atomic mass is 32.1. The van der Waals surface area contributed by atoms with E-state index in [2.05, 4.69) is 15.6 Å². The average molecular weight is 333 g/mol. The van der Waals surface area contributed by atoms with Crippen molar-refractivity contribution in [2.45, 2.75) is 13.8 Å². The van der Waals surface area contributed by atoms with Crippen molar-refractivity contribution in [3.63, 3.8) is 0 Å². The van der Waals surface area contributed by atoms with Crippen molar-refractivity contribution in [2.24, 2.45) is 0 Å². The van der Waals surface area contributed by atoms with E-state index >= 15 is 0 Å². The van der Waals surface area contributed by atoms with E-state index in [0.717, 1.165) is 28.5 Å². The predicted octanol–water partition coefficient (Wildman–Crippen LogP) is 4.84. The molecular formula is C16H13F2N3OS. The molecule has 0 saturated heterocycles. The third kappa shape index (κ3) is 3.45. The number of aryl methyl sites for hydroxylation is 2. The van der Waals surface area contributed by atoms with E-state index in [1.54, 1.807) is 0 Å². The Balaban J connectivity index is 1.78. The molecule has 1 aromatic heterocycles. The van der Waals surface area contributed by atoms with Gasteiger partial charge in [0.25, 0.3) is 0 Å². The second-order valence-corrected chi connectivity index (χ2v) is 6.24. The molecule has 1 heterocycles. The fourth-order valence-electron chi connectivity index (χ4n) is 2.32. The van der Waals surface area contributed by atoms with Gasteiger partial charge >= 0.3 is 6.03 Å². The molecule has 2 amide bonds. The Labute approximate surface area is 135 Å². The molecule has 0 bridgehead atoms. The first-order valence-electron chi connectivity index (χ1n) is 6.82. The van der Waals surface area contributed by atoms with Gasteiger partial charge in [-0.05, 0) is 43.2 Å². The number of nitrogens with one attached hydrogen (secondary N) is 2. The number of carbonyl (C=O) groups is 1. The van der Waals surface area contributed by atoms with Gasteiger partial charge in [0.05, 0.1) is 4.70 Å². The number of urea groups is 1. The molecule has 3 rings (SSSR count). The molecule has 0 radical (unpaired) electrons. The number of hydrogen-bond donors (Lipinski definition) is 2. The van der Waals surface area contributed by atoms with Crippen LogP contribution in [-0.4, -0.2) is 11.0 Å². The highest BCUT2D eigenvalue weighted by Crippen LogP contribution is 2.28. The van der Waals surface area contributed by atoms with Crippen LogP contribution < -0.4 is 10.6 Å². The summed E-state index contributed by atoms with van der Waals surface area (Å²) in [6, 6.07) is 7.12. The Morgan fingerprint density at radius 2 is 1.74 bits per heavy atom. The number of anilines is 2. The van der Waals surface area contributed by atoms with Gasteiger partial charge in [0.15, 0.2) is 10.9 Å². The van der Waals surface area contributed by atoms with Crippen LogP contribution in [0.4, 0.5) is 24.4 Å². The van der Waals surface area contributed by atoms with Gasteiger partial charge in [0, 0.05) is 11.8 Å². The van der Waals surface area contributed by atoms with Crippen molar-refractivity contribution in [2.75, 3.05) is 10.6 Å². The van der Waals surface area contributed by atoms with Gasteiger partial charge < -0.3 is 5.32 Å². The van der Waals surface area contributed by atoms with Crippen LogP contribution in [0.3, 0.4) is 0 Å². The molecule has 3 aromatic rings. The van der Waals surface area contributed by atoms with Crippen molar-refractivity contribution >= 4 is 38.4 Å². The lowest BCUT2D eigenvalue weighted by Gasteiger charge is -2.07. The van der Waals surface area contributed by atoms with E-state index in [9.17, 15) is 13.6 Å². The maximum atomic E-state index is 13.6. The topological polar surface area (TPSA) is 54.0 Å². The first-order valence-corrected chi connectivity index (χ1v) is 7.64. The Morgan fingerprint density at radius 3 is 2.43 bits per heavy atom. The lowest BCUT2D eigenvalue weighted by molar-refractivity contribution is 0.262. The van der Waals surface area contributed by atoms with Crippen molar-refractivity contribution in [1.82, 2.24) is 4.98 Å². The smallest absolute Gasteiger partial charge is 0.308 e. The molecule has 0 aliphatic heterocycles. The quantitative estimate of drug-likeness (QED) is 0.705. The Kier molecular flexibility index (Phi) is 3.96. The summed E-state index contributed by atoms with van der Waals surface area (Å²) in [4.78, 5) is 16.0. The van der Waals surface area contributed by atoms with Crippen molar-refractivity contribution in [1.29, 1.82) is 0 Å². The summed E-state index contributed by atoms with van der Waals surface area (Å²) in [5, 5.41) is 5.43. The van der Waals surface area contributed by atoms with Crippen molar-refractivity contribution < 1.29 is 13.6 Å². The molecule has 2 N–H and O–H groups in total. The molecule has 7 heteroatoms. The molecule has 2 aromatic carbocycles. The average Bonchev–Trinajstić information content (AvgIpc) is 2.79. The highest BCUT2D eigenvalue weighted by Gasteiger charge is 2.12. The minimum Gasteiger partial charge on any atom is -0.308 e. The number of nitrogens with zero attached hydrogens (tertiary/aromatic N) is 1. The molecule has 0 aliphatic carbocycles. The first kappa shape index (κ1) is 15.4. The van der Waals surface area contributed by atoms with Crippen molar-refractivity contribution in [3.05, 3.63) is 53.1 Å². The maximum Gasteiger partial charge on any atom is 0.325 e. The molecule has 23 heavy (non-hydrogen) atoms. The van der Waals surface area contributed by atoms with Gasteiger partial charge in [0.2, 0.25) is 0 Å². The maximum absolute atomic E-state index is 13.6. The van der Waals surface area contributed by atoms with Crippen LogP contribution >= 0.6 is 11.3 Å². The third-order valence-corrected chi connectivity index (χ3v) is 4.03. The molecule has 118 valence electrons. The minimum absolute atomic E-state index is 0.0399. The fourth-order valence-corrected chi connectivity index (χ4v) is 3.22. The summed E-state index contributed by atoms with van der Waals surface area (Å²) in [6.45, 7) is 3.86. The number of benzene rings is 2. The summed E-state index contributed by atoms with van der Waals surface area (Å²) in [5.41, 5.74) is 2.74. The van der Waals surface area contributed by atoms with Gasteiger partial charge in [-0.1, -0.05) is 17.4 Å². The second-order valence-electron chi connectivity index (χ2n) is 5.21. The number of amides is 2. The van der Waals surface area contributed by atoms with E-state index < -0.39 is 17.7 Å². The molecule has 4 nitrogen and oxygen atoms in total. The number of rotatable bonds is 2. The van der Waals surface area contributed by atoms with E-state index in [1.165, 1.54) is 6.07 Å². The molecule has 0 unspecified atom stereocenters. The van der Waals surface area contributed by atoms with Gasteiger partial charge in [-0.25, -0.2) is 18.6 Å². The second kappa shape index (κ2) is 5.92. The van der Waals surface area contributed by atoms with E-state index in [4.69, 9.17) is 0 Å². The minimum atomic E-state index is -0.751. The Morgan fingerprint density at radius 1 is 1.04 bits per heavy atom. The van der Waals surface area contributed by atoms with E-state index in [-0.39, 0.29) is 10.6 Å². The summed E-state index contributed by atoms with van der Waals surface area (Å²) < 4.78 is 27.1. The molecule has 0 spiro atoms. The molecule has 0 fully saturated rings.